The van der Waals surface area contributed by atoms with Crippen molar-refractivity contribution in [3.63, 3.8) is 0 Å². The first-order valence-corrected chi connectivity index (χ1v) is 7.99. The lowest BCUT2D eigenvalue weighted by molar-refractivity contribution is -0.131. The Bertz CT molecular complexity index is 693. The van der Waals surface area contributed by atoms with E-state index in [1.54, 1.807) is 0 Å². The van der Waals surface area contributed by atoms with Crippen molar-refractivity contribution < 1.29 is 4.79 Å². The minimum atomic E-state index is 0.0777. The topological polar surface area (TPSA) is 20.3 Å². The lowest BCUT2D eigenvalue weighted by atomic mass is 10.1. The molecule has 2 atom stereocenters. The fourth-order valence-corrected chi connectivity index (χ4v) is 3.27. The Balaban J connectivity index is 1.66. The Labute approximate surface area is 136 Å². The molecular weight excluding hydrogens is 294 g/mol. The Morgan fingerprint density at radius 2 is 1.86 bits per heavy atom. The zero-order valence-electron chi connectivity index (χ0n) is 12.9. The van der Waals surface area contributed by atoms with Crippen molar-refractivity contribution in [2.75, 3.05) is 7.05 Å². The second-order valence-electron chi connectivity index (χ2n) is 6.09. The van der Waals surface area contributed by atoms with Crippen molar-refractivity contribution >= 4 is 17.5 Å². The number of amides is 1. The lowest BCUT2D eigenvalue weighted by Crippen LogP contribution is -2.28. The lowest BCUT2D eigenvalue weighted by Gasteiger charge is -2.18. The molecule has 22 heavy (non-hydrogen) atoms. The standard InChI is InChI=1S/C19H20ClNO/c1-13-7-3-4-8-14(13)12-21(2)19(22)17-11-16(17)15-9-5-6-10-18(15)20/h3-10,16-17H,11-12H2,1-2H3. The number of nitrogens with zero attached hydrogens (tertiary/aromatic N) is 1. The third-order valence-corrected chi connectivity index (χ3v) is 4.80. The summed E-state index contributed by atoms with van der Waals surface area (Å²) in [6.45, 7) is 2.74. The maximum Gasteiger partial charge on any atom is 0.226 e. The maximum atomic E-state index is 12.6. The number of carbonyl (C=O) groups is 1. The molecule has 2 nitrogen and oxygen atoms in total. The second-order valence-corrected chi connectivity index (χ2v) is 6.50. The Kier molecular flexibility index (Phi) is 4.21. The monoisotopic (exact) mass is 313 g/mol. The van der Waals surface area contributed by atoms with Gasteiger partial charge in [-0.15, -0.1) is 0 Å². The van der Waals surface area contributed by atoms with Crippen LogP contribution in [0.4, 0.5) is 0 Å². The molecule has 2 aromatic rings. The number of benzene rings is 2. The van der Waals surface area contributed by atoms with Gasteiger partial charge >= 0.3 is 0 Å². The Morgan fingerprint density at radius 1 is 1.18 bits per heavy atom. The van der Waals surface area contributed by atoms with Crippen LogP contribution in [-0.4, -0.2) is 17.9 Å². The number of hydrogen-bond acceptors (Lipinski definition) is 1. The summed E-state index contributed by atoms with van der Waals surface area (Å²) in [4.78, 5) is 14.4. The molecular formula is C19H20ClNO. The summed E-state index contributed by atoms with van der Waals surface area (Å²) < 4.78 is 0. The summed E-state index contributed by atoms with van der Waals surface area (Å²) >= 11 is 6.23. The molecule has 0 N–H and O–H groups in total. The third kappa shape index (κ3) is 3.02. The molecule has 1 saturated carbocycles. The van der Waals surface area contributed by atoms with Gasteiger partial charge in [-0.05, 0) is 42.0 Å². The molecule has 1 aliphatic rings. The molecule has 0 aliphatic heterocycles. The van der Waals surface area contributed by atoms with E-state index >= 15 is 0 Å². The summed E-state index contributed by atoms with van der Waals surface area (Å²) in [5.41, 5.74) is 3.53. The van der Waals surface area contributed by atoms with Crippen LogP contribution in [0.3, 0.4) is 0 Å². The van der Waals surface area contributed by atoms with Crippen LogP contribution >= 0.6 is 11.6 Å². The van der Waals surface area contributed by atoms with Crippen LogP contribution in [0.5, 0.6) is 0 Å². The zero-order valence-corrected chi connectivity index (χ0v) is 13.7. The third-order valence-electron chi connectivity index (χ3n) is 4.46. The fraction of sp³-hybridized carbons (Fsp3) is 0.316. The van der Waals surface area contributed by atoms with Crippen molar-refractivity contribution in [1.29, 1.82) is 0 Å². The highest BCUT2D eigenvalue weighted by Crippen LogP contribution is 2.50. The van der Waals surface area contributed by atoms with Gasteiger partial charge in [-0.1, -0.05) is 54.1 Å². The molecule has 1 amide bonds. The van der Waals surface area contributed by atoms with E-state index in [0.717, 1.165) is 17.0 Å². The first-order valence-electron chi connectivity index (χ1n) is 7.62. The van der Waals surface area contributed by atoms with Crippen LogP contribution in [0.1, 0.15) is 29.0 Å². The van der Waals surface area contributed by atoms with Crippen LogP contribution in [0.15, 0.2) is 48.5 Å². The predicted molar refractivity (Wildman–Crippen MR) is 90.0 cm³/mol. The molecule has 2 aromatic carbocycles. The highest BCUT2D eigenvalue weighted by atomic mass is 35.5. The maximum absolute atomic E-state index is 12.6. The fourth-order valence-electron chi connectivity index (χ4n) is 2.99. The minimum Gasteiger partial charge on any atom is -0.341 e. The quantitative estimate of drug-likeness (QED) is 0.818. The predicted octanol–water partition coefficient (Wildman–Crippen LogP) is 4.41. The summed E-state index contributed by atoms with van der Waals surface area (Å²) in [5.74, 6) is 0.572. The largest absolute Gasteiger partial charge is 0.341 e. The molecule has 0 bridgehead atoms. The first kappa shape index (κ1) is 15.1. The van der Waals surface area contributed by atoms with E-state index in [4.69, 9.17) is 11.6 Å². The van der Waals surface area contributed by atoms with Crippen molar-refractivity contribution in [3.8, 4) is 0 Å². The molecule has 3 rings (SSSR count). The highest BCUT2D eigenvalue weighted by Gasteiger charge is 2.45. The normalized spacial score (nSPS) is 19.8. The van der Waals surface area contributed by atoms with Crippen LogP contribution < -0.4 is 0 Å². The molecule has 114 valence electrons. The second kappa shape index (κ2) is 6.13. The van der Waals surface area contributed by atoms with Crippen molar-refractivity contribution in [2.45, 2.75) is 25.8 Å². The molecule has 2 unspecified atom stereocenters. The summed E-state index contributed by atoms with van der Waals surface area (Å²) in [7, 11) is 1.89. The van der Waals surface area contributed by atoms with E-state index < -0.39 is 0 Å². The van der Waals surface area contributed by atoms with Gasteiger partial charge in [0.25, 0.3) is 0 Å². The minimum absolute atomic E-state index is 0.0777. The molecule has 1 aliphatic carbocycles. The van der Waals surface area contributed by atoms with E-state index in [1.165, 1.54) is 11.1 Å². The average Bonchev–Trinajstić information content (AvgIpc) is 3.29. The first-order chi connectivity index (χ1) is 10.6. The van der Waals surface area contributed by atoms with E-state index in [0.29, 0.717) is 6.54 Å². The van der Waals surface area contributed by atoms with E-state index in [9.17, 15) is 4.79 Å². The van der Waals surface area contributed by atoms with Gasteiger partial charge < -0.3 is 4.90 Å². The van der Waals surface area contributed by atoms with Crippen LogP contribution in [-0.2, 0) is 11.3 Å². The van der Waals surface area contributed by atoms with Crippen molar-refractivity contribution in [3.05, 3.63) is 70.2 Å². The molecule has 0 heterocycles. The molecule has 0 spiro atoms. The highest BCUT2D eigenvalue weighted by molar-refractivity contribution is 6.31. The SMILES string of the molecule is Cc1ccccc1CN(C)C(=O)C1CC1c1ccccc1Cl. The van der Waals surface area contributed by atoms with Gasteiger partial charge in [0.05, 0.1) is 0 Å². The molecule has 1 fully saturated rings. The summed E-state index contributed by atoms with van der Waals surface area (Å²) in [6, 6.07) is 16.0. The summed E-state index contributed by atoms with van der Waals surface area (Å²) in [5, 5.41) is 0.768. The zero-order chi connectivity index (χ0) is 15.7. The molecule has 0 radical (unpaired) electrons. The van der Waals surface area contributed by atoms with Crippen molar-refractivity contribution in [1.82, 2.24) is 4.90 Å². The van der Waals surface area contributed by atoms with Gasteiger partial charge in [-0.3, -0.25) is 4.79 Å². The van der Waals surface area contributed by atoms with Gasteiger partial charge in [0.2, 0.25) is 5.91 Å². The molecule has 3 heteroatoms. The molecule has 0 aromatic heterocycles. The number of halogens is 1. The summed E-state index contributed by atoms with van der Waals surface area (Å²) in [6.07, 6.45) is 0.903. The average molecular weight is 314 g/mol. The van der Waals surface area contributed by atoms with Gasteiger partial charge in [0.15, 0.2) is 0 Å². The van der Waals surface area contributed by atoms with Crippen LogP contribution in [0.25, 0.3) is 0 Å². The van der Waals surface area contributed by atoms with E-state index in [2.05, 4.69) is 19.1 Å². The van der Waals surface area contributed by atoms with Gasteiger partial charge in [0, 0.05) is 24.5 Å². The Morgan fingerprint density at radius 3 is 2.59 bits per heavy atom. The van der Waals surface area contributed by atoms with Gasteiger partial charge in [0.1, 0.15) is 0 Å². The number of rotatable bonds is 4. The molecule has 0 saturated heterocycles. The van der Waals surface area contributed by atoms with E-state index in [-0.39, 0.29) is 17.7 Å². The van der Waals surface area contributed by atoms with Gasteiger partial charge in [-0.2, -0.15) is 0 Å². The number of carbonyl (C=O) groups excluding carboxylic acids is 1. The van der Waals surface area contributed by atoms with Gasteiger partial charge in [-0.25, -0.2) is 0 Å². The Hall–Kier alpha value is -1.80. The smallest absolute Gasteiger partial charge is 0.226 e. The van der Waals surface area contributed by atoms with Crippen molar-refractivity contribution in [2.24, 2.45) is 5.92 Å². The van der Waals surface area contributed by atoms with E-state index in [1.807, 2.05) is 48.3 Å². The number of hydrogen-bond donors (Lipinski definition) is 0. The van der Waals surface area contributed by atoms with Crippen LogP contribution in [0.2, 0.25) is 5.02 Å². The van der Waals surface area contributed by atoms with Crippen LogP contribution in [0, 0.1) is 12.8 Å². The number of aryl methyl sites for hydroxylation is 1.